The van der Waals surface area contributed by atoms with Gasteiger partial charge in [0, 0.05) is 18.9 Å². The van der Waals surface area contributed by atoms with Crippen molar-refractivity contribution in [3.8, 4) is 6.07 Å². The van der Waals surface area contributed by atoms with Crippen LogP contribution in [0.3, 0.4) is 0 Å². The Hall–Kier alpha value is -2.07. The van der Waals surface area contributed by atoms with Crippen LogP contribution in [-0.4, -0.2) is 32.5 Å². The van der Waals surface area contributed by atoms with Gasteiger partial charge in [0.15, 0.2) is 0 Å². The molecule has 0 spiro atoms. The lowest BCUT2D eigenvalue weighted by Crippen LogP contribution is -2.13. The van der Waals surface area contributed by atoms with Gasteiger partial charge < -0.3 is 5.32 Å². The van der Waals surface area contributed by atoms with Crippen molar-refractivity contribution in [3.05, 3.63) is 30.4 Å². The van der Waals surface area contributed by atoms with Crippen LogP contribution in [0.5, 0.6) is 0 Å². The zero-order chi connectivity index (χ0) is 12.8. The summed E-state index contributed by atoms with van der Waals surface area (Å²) in [4.78, 5) is 8.15. The van der Waals surface area contributed by atoms with Crippen molar-refractivity contribution in [2.24, 2.45) is 0 Å². The fourth-order valence-corrected chi connectivity index (χ4v) is 1.98. The zero-order valence-electron chi connectivity index (χ0n) is 9.87. The van der Waals surface area contributed by atoms with Gasteiger partial charge in [-0.2, -0.15) is 10.4 Å². The second-order valence-corrected chi connectivity index (χ2v) is 4.21. The number of thioether (sulfide) groups is 1. The van der Waals surface area contributed by atoms with E-state index in [1.54, 1.807) is 6.20 Å². The minimum absolute atomic E-state index is 0.491. The SMILES string of the molecule is CSc1ncnc(NCCn2cccn2)c1C#N. The van der Waals surface area contributed by atoms with Gasteiger partial charge in [-0.15, -0.1) is 11.8 Å². The minimum atomic E-state index is 0.491. The van der Waals surface area contributed by atoms with Crippen LogP contribution in [0.1, 0.15) is 5.56 Å². The van der Waals surface area contributed by atoms with Crippen molar-refractivity contribution < 1.29 is 0 Å². The summed E-state index contributed by atoms with van der Waals surface area (Å²) in [5, 5.41) is 17.0. The fraction of sp³-hybridized carbons (Fsp3) is 0.273. The molecule has 0 aromatic carbocycles. The first-order valence-electron chi connectivity index (χ1n) is 5.35. The number of hydrogen-bond acceptors (Lipinski definition) is 6. The van der Waals surface area contributed by atoms with Crippen molar-refractivity contribution in [2.45, 2.75) is 11.6 Å². The van der Waals surface area contributed by atoms with E-state index in [2.05, 4.69) is 26.5 Å². The first-order chi connectivity index (χ1) is 8.85. The van der Waals surface area contributed by atoms with Crippen molar-refractivity contribution >= 4 is 17.6 Å². The Labute approximate surface area is 109 Å². The van der Waals surface area contributed by atoms with Crippen LogP contribution in [0.2, 0.25) is 0 Å². The van der Waals surface area contributed by atoms with Crippen molar-refractivity contribution in [2.75, 3.05) is 18.1 Å². The van der Waals surface area contributed by atoms with Crippen LogP contribution in [-0.2, 0) is 6.54 Å². The number of rotatable bonds is 5. The third-order valence-electron chi connectivity index (χ3n) is 2.31. The van der Waals surface area contributed by atoms with Gasteiger partial charge in [0.1, 0.15) is 28.8 Å². The predicted octanol–water partition coefficient (Wildman–Crippen LogP) is 1.38. The van der Waals surface area contributed by atoms with Gasteiger partial charge in [0.25, 0.3) is 0 Å². The number of anilines is 1. The summed E-state index contributed by atoms with van der Waals surface area (Å²) in [5.41, 5.74) is 0.491. The Kier molecular flexibility index (Phi) is 4.15. The molecule has 2 aromatic rings. The molecule has 0 aliphatic carbocycles. The lowest BCUT2D eigenvalue weighted by atomic mass is 10.3. The molecule has 0 saturated heterocycles. The first-order valence-corrected chi connectivity index (χ1v) is 6.58. The van der Waals surface area contributed by atoms with Gasteiger partial charge in [-0.05, 0) is 12.3 Å². The quantitative estimate of drug-likeness (QED) is 0.646. The average molecular weight is 260 g/mol. The van der Waals surface area contributed by atoms with E-state index in [4.69, 9.17) is 5.26 Å². The highest BCUT2D eigenvalue weighted by Gasteiger charge is 2.09. The molecule has 2 aromatic heterocycles. The van der Waals surface area contributed by atoms with Gasteiger partial charge in [-0.25, -0.2) is 9.97 Å². The highest BCUT2D eigenvalue weighted by molar-refractivity contribution is 7.98. The summed E-state index contributed by atoms with van der Waals surface area (Å²) < 4.78 is 1.82. The largest absolute Gasteiger partial charge is 0.367 e. The molecule has 92 valence electrons. The Balaban J connectivity index is 2.03. The molecule has 0 radical (unpaired) electrons. The van der Waals surface area contributed by atoms with Gasteiger partial charge >= 0.3 is 0 Å². The van der Waals surface area contributed by atoms with Crippen molar-refractivity contribution in [1.82, 2.24) is 19.7 Å². The average Bonchev–Trinajstić information content (AvgIpc) is 2.91. The van der Waals surface area contributed by atoms with Gasteiger partial charge in [0.2, 0.25) is 0 Å². The molecule has 2 heterocycles. The Morgan fingerprint density at radius 2 is 2.39 bits per heavy atom. The minimum Gasteiger partial charge on any atom is -0.367 e. The van der Waals surface area contributed by atoms with E-state index in [1.165, 1.54) is 18.1 Å². The number of nitriles is 1. The molecular weight excluding hydrogens is 248 g/mol. The van der Waals surface area contributed by atoms with Crippen LogP contribution >= 0.6 is 11.8 Å². The Morgan fingerprint density at radius 1 is 1.50 bits per heavy atom. The normalized spacial score (nSPS) is 10.0. The molecule has 7 heteroatoms. The summed E-state index contributed by atoms with van der Waals surface area (Å²) >= 11 is 1.43. The molecule has 0 amide bonds. The summed E-state index contributed by atoms with van der Waals surface area (Å²) in [6.45, 7) is 1.37. The predicted molar refractivity (Wildman–Crippen MR) is 69.2 cm³/mol. The van der Waals surface area contributed by atoms with Crippen LogP contribution in [0.25, 0.3) is 0 Å². The van der Waals surface area contributed by atoms with E-state index >= 15 is 0 Å². The van der Waals surface area contributed by atoms with Crippen LogP contribution in [0.15, 0.2) is 29.8 Å². The number of nitrogens with zero attached hydrogens (tertiary/aromatic N) is 5. The van der Waals surface area contributed by atoms with E-state index in [9.17, 15) is 0 Å². The van der Waals surface area contributed by atoms with E-state index in [1.807, 2.05) is 23.2 Å². The van der Waals surface area contributed by atoms with E-state index in [0.29, 0.717) is 23.0 Å². The second kappa shape index (κ2) is 6.02. The van der Waals surface area contributed by atoms with Crippen LogP contribution in [0, 0.1) is 11.3 Å². The number of aromatic nitrogens is 4. The van der Waals surface area contributed by atoms with E-state index < -0.39 is 0 Å². The molecule has 0 atom stereocenters. The number of nitrogens with one attached hydrogen (secondary N) is 1. The van der Waals surface area contributed by atoms with Crippen LogP contribution in [0.4, 0.5) is 5.82 Å². The topological polar surface area (TPSA) is 79.4 Å². The van der Waals surface area contributed by atoms with E-state index in [0.717, 1.165) is 6.54 Å². The van der Waals surface area contributed by atoms with Gasteiger partial charge in [-0.3, -0.25) is 4.68 Å². The molecular formula is C11H12N6S. The molecule has 0 fully saturated rings. The van der Waals surface area contributed by atoms with E-state index in [-0.39, 0.29) is 0 Å². The maximum atomic E-state index is 9.11. The summed E-state index contributed by atoms with van der Waals surface area (Å²) in [6, 6.07) is 4.00. The summed E-state index contributed by atoms with van der Waals surface area (Å²) in [5.74, 6) is 0.573. The molecule has 0 aliphatic rings. The molecule has 6 nitrogen and oxygen atoms in total. The smallest absolute Gasteiger partial charge is 0.148 e. The Bertz CT molecular complexity index is 545. The maximum absolute atomic E-state index is 9.11. The number of hydrogen-bond donors (Lipinski definition) is 1. The van der Waals surface area contributed by atoms with Crippen molar-refractivity contribution in [3.63, 3.8) is 0 Å². The third kappa shape index (κ3) is 2.78. The fourth-order valence-electron chi connectivity index (χ4n) is 1.48. The second-order valence-electron chi connectivity index (χ2n) is 3.41. The third-order valence-corrected chi connectivity index (χ3v) is 3.01. The molecule has 0 aliphatic heterocycles. The first kappa shape index (κ1) is 12.4. The monoisotopic (exact) mass is 260 g/mol. The highest BCUT2D eigenvalue weighted by atomic mass is 32.2. The Morgan fingerprint density at radius 3 is 3.06 bits per heavy atom. The zero-order valence-corrected chi connectivity index (χ0v) is 10.7. The lowest BCUT2D eigenvalue weighted by molar-refractivity contribution is 0.636. The molecule has 0 unspecified atom stereocenters. The van der Waals surface area contributed by atoms with Gasteiger partial charge in [-0.1, -0.05) is 0 Å². The molecule has 18 heavy (non-hydrogen) atoms. The lowest BCUT2D eigenvalue weighted by Gasteiger charge is -2.08. The molecule has 1 N–H and O–H groups in total. The maximum Gasteiger partial charge on any atom is 0.148 e. The van der Waals surface area contributed by atoms with Gasteiger partial charge in [0.05, 0.1) is 6.54 Å². The summed E-state index contributed by atoms with van der Waals surface area (Å²) in [7, 11) is 0. The molecule has 2 rings (SSSR count). The summed E-state index contributed by atoms with van der Waals surface area (Å²) in [6.07, 6.45) is 6.97. The highest BCUT2D eigenvalue weighted by Crippen LogP contribution is 2.21. The molecule has 0 bridgehead atoms. The van der Waals surface area contributed by atoms with Crippen molar-refractivity contribution in [1.29, 1.82) is 5.26 Å². The standard InChI is InChI=1S/C11H12N6S/c1-18-11-9(7-12)10(14-8-15-11)13-4-6-17-5-2-3-16-17/h2-3,5,8H,4,6H2,1H3,(H,13,14,15). The molecule has 0 saturated carbocycles. The van der Waals surface area contributed by atoms with Crippen LogP contribution < -0.4 is 5.32 Å².